The Morgan fingerprint density at radius 3 is 1.69 bits per heavy atom. The number of anilines is 2. The Kier molecular flexibility index (Phi) is 15.4. The third kappa shape index (κ3) is 11.2. The molecule has 0 spiro atoms. The van der Waals surface area contributed by atoms with Crippen molar-refractivity contribution in [2.75, 3.05) is 36.4 Å². The van der Waals surface area contributed by atoms with Crippen LogP contribution in [0.3, 0.4) is 0 Å². The number of ether oxygens (including phenoxy) is 2. The number of nitrogens with one attached hydrogen (secondary N) is 2. The molecule has 1 atom stereocenters. The number of carbonyl (C=O) groups excluding carboxylic acids is 2. The summed E-state index contributed by atoms with van der Waals surface area (Å²) in [5.41, 5.74) is 2.00. The molecule has 0 aliphatic heterocycles. The second-order valence-corrected chi connectivity index (χ2v) is 11.9. The Morgan fingerprint density at radius 2 is 1.29 bits per heavy atom. The Hall–Kier alpha value is -4.58. The summed E-state index contributed by atoms with van der Waals surface area (Å²) < 4.78 is 48.9. The van der Waals surface area contributed by atoms with Gasteiger partial charge in [-0.05, 0) is 43.4 Å². The van der Waals surface area contributed by atoms with E-state index in [0.29, 0.717) is 22.1 Å². The minimum Gasteiger partial charge on any atom is -0.462 e. The predicted molar refractivity (Wildman–Crippen MR) is 179 cm³/mol. The maximum Gasteiger partial charge on any atom is 0.343 e. The first-order valence-electron chi connectivity index (χ1n) is 14.7. The van der Waals surface area contributed by atoms with Gasteiger partial charge in [-0.3, -0.25) is 4.21 Å². The monoisotopic (exact) mass is 718 g/mol. The highest BCUT2D eigenvalue weighted by Crippen LogP contribution is 2.20. The van der Waals surface area contributed by atoms with Gasteiger partial charge in [0.2, 0.25) is 5.16 Å². The molecule has 1 unspecified atom stereocenters. The lowest BCUT2D eigenvalue weighted by Crippen LogP contribution is -2.14. The number of aliphatic hydroxyl groups excluding tert-OH is 2. The number of nitrogens with zero attached hydrogens (tertiary/aromatic N) is 4. The average molecular weight is 719 g/mol. The van der Waals surface area contributed by atoms with E-state index in [-0.39, 0.29) is 72.7 Å². The topological polar surface area (TPSA) is 186 Å². The van der Waals surface area contributed by atoms with E-state index in [0.717, 1.165) is 0 Å². The molecule has 262 valence electrons. The molecule has 4 aromatic rings. The van der Waals surface area contributed by atoms with Gasteiger partial charge >= 0.3 is 11.9 Å². The van der Waals surface area contributed by atoms with Crippen molar-refractivity contribution in [1.29, 1.82) is 0 Å². The minimum atomic E-state index is -1.42. The minimum absolute atomic E-state index is 0.0670. The van der Waals surface area contributed by atoms with Gasteiger partial charge in [0.1, 0.15) is 34.4 Å². The molecule has 2 aromatic heterocycles. The smallest absolute Gasteiger partial charge is 0.343 e. The number of aliphatic hydroxyl groups is 2. The fourth-order valence-electron chi connectivity index (χ4n) is 3.98. The van der Waals surface area contributed by atoms with Crippen LogP contribution in [0.2, 0.25) is 0 Å². The number of aromatic nitrogens is 4. The molecule has 4 N–H and O–H groups in total. The molecule has 49 heavy (non-hydrogen) atoms. The van der Waals surface area contributed by atoms with Crippen molar-refractivity contribution in [1.82, 2.24) is 19.9 Å². The summed E-state index contributed by atoms with van der Waals surface area (Å²) in [5.74, 6) is -1.64. The highest BCUT2D eigenvalue weighted by molar-refractivity contribution is 7.98. The molecule has 0 aliphatic carbocycles. The van der Waals surface area contributed by atoms with Crippen LogP contribution in [-0.2, 0) is 46.6 Å². The van der Waals surface area contributed by atoms with E-state index >= 15 is 0 Å². The van der Waals surface area contributed by atoms with E-state index in [2.05, 4.69) is 30.6 Å². The van der Waals surface area contributed by atoms with E-state index in [4.69, 9.17) is 19.7 Å². The lowest BCUT2D eigenvalue weighted by atomic mass is 10.1. The lowest BCUT2D eigenvalue weighted by Gasteiger charge is -2.11. The molecular weight excluding hydrogens is 683 g/mol. The Morgan fingerprint density at radius 1 is 0.816 bits per heavy atom. The molecule has 17 heteroatoms. The zero-order chi connectivity index (χ0) is 35.9. The first-order valence-corrected chi connectivity index (χ1v) is 17.5. The fourth-order valence-corrected chi connectivity index (χ4v) is 4.75. The number of benzene rings is 2. The average Bonchev–Trinajstić information content (AvgIpc) is 3.10. The Bertz CT molecular complexity index is 1780. The highest BCUT2D eigenvalue weighted by atomic mass is 32.2. The van der Waals surface area contributed by atoms with Crippen LogP contribution in [-0.4, -0.2) is 72.0 Å². The van der Waals surface area contributed by atoms with E-state index in [1.807, 2.05) is 6.26 Å². The van der Waals surface area contributed by atoms with Crippen molar-refractivity contribution in [3.8, 4) is 0 Å². The molecule has 13 nitrogen and oxygen atoms in total. The summed E-state index contributed by atoms with van der Waals surface area (Å²) in [6.45, 7) is 3.52. The maximum atomic E-state index is 13.7. The van der Waals surface area contributed by atoms with Gasteiger partial charge in [0.15, 0.2) is 5.16 Å². The van der Waals surface area contributed by atoms with Crippen molar-refractivity contribution in [3.05, 3.63) is 93.8 Å². The molecule has 0 aliphatic rings. The van der Waals surface area contributed by atoms with Gasteiger partial charge in [-0.2, -0.15) is 0 Å². The van der Waals surface area contributed by atoms with Crippen LogP contribution in [0.5, 0.6) is 0 Å². The third-order valence-corrected chi connectivity index (χ3v) is 7.73. The maximum absolute atomic E-state index is 13.7. The van der Waals surface area contributed by atoms with Gasteiger partial charge in [0.05, 0.1) is 37.2 Å². The number of esters is 2. The number of rotatable bonds is 14. The largest absolute Gasteiger partial charge is 0.462 e. The first-order chi connectivity index (χ1) is 23.5. The van der Waals surface area contributed by atoms with Crippen molar-refractivity contribution >= 4 is 46.1 Å². The quantitative estimate of drug-likeness (QED) is 0.0824. The van der Waals surface area contributed by atoms with Crippen LogP contribution in [0.25, 0.3) is 0 Å². The zero-order valence-electron chi connectivity index (χ0n) is 27.2. The standard InChI is InChI=1S/C16H18FN3O4S.C16H18FN3O3S/c1-3-24-15(22)12-8-19-16(25(2)23)20-14(12)18-7-10-4-5-11(9-21)13(17)6-10;1-3-23-15(22)12-8-19-16(24-2)20-14(12)18-7-10-4-5-11(9-21)13(17)6-10/h4-6,8,21H,3,7,9H2,1-2H3,(H,18,19,20);4-6,8,21H,3,7,9H2,1-2H3,(H,18,19,20). The van der Waals surface area contributed by atoms with Gasteiger partial charge in [-0.15, -0.1) is 0 Å². The van der Waals surface area contributed by atoms with Crippen molar-refractivity contribution in [3.63, 3.8) is 0 Å². The van der Waals surface area contributed by atoms with Crippen molar-refractivity contribution in [2.24, 2.45) is 0 Å². The lowest BCUT2D eigenvalue weighted by molar-refractivity contribution is 0.0516. The molecule has 2 aromatic carbocycles. The number of carbonyl (C=O) groups is 2. The van der Waals surface area contributed by atoms with E-state index in [1.54, 1.807) is 26.0 Å². The van der Waals surface area contributed by atoms with E-state index in [1.165, 1.54) is 54.7 Å². The predicted octanol–water partition coefficient (Wildman–Crippen LogP) is 4.25. The fraction of sp³-hybridized carbons (Fsp3) is 0.312. The number of halogens is 2. The number of hydrogen-bond acceptors (Lipinski definition) is 14. The van der Waals surface area contributed by atoms with Gasteiger partial charge < -0.3 is 30.3 Å². The summed E-state index contributed by atoms with van der Waals surface area (Å²) in [5, 5.41) is 24.5. The second kappa shape index (κ2) is 19.4. The molecule has 4 rings (SSSR count). The first kappa shape index (κ1) is 38.9. The van der Waals surface area contributed by atoms with Crippen molar-refractivity contribution < 1.29 is 42.3 Å². The molecule has 0 saturated heterocycles. The molecular formula is C32H36F2N6O7S2. The van der Waals surface area contributed by atoms with Gasteiger partial charge in [0.25, 0.3) is 0 Å². The second-order valence-electron chi connectivity index (χ2n) is 9.80. The van der Waals surface area contributed by atoms with Gasteiger partial charge in [-0.1, -0.05) is 36.0 Å². The van der Waals surface area contributed by atoms with Crippen LogP contribution in [0.4, 0.5) is 20.4 Å². The van der Waals surface area contributed by atoms with Gasteiger partial charge in [-0.25, -0.2) is 38.3 Å². The molecule has 0 bridgehead atoms. The van der Waals surface area contributed by atoms with Crippen LogP contribution in [0, 0.1) is 11.6 Å². The van der Waals surface area contributed by atoms with Crippen LogP contribution >= 0.6 is 11.8 Å². The molecule has 0 fully saturated rings. The zero-order valence-corrected chi connectivity index (χ0v) is 28.8. The highest BCUT2D eigenvalue weighted by Gasteiger charge is 2.18. The normalized spacial score (nSPS) is 11.2. The number of hydrogen-bond donors (Lipinski definition) is 4. The van der Waals surface area contributed by atoms with E-state index in [9.17, 15) is 22.6 Å². The summed E-state index contributed by atoms with van der Waals surface area (Å²) in [6.07, 6.45) is 5.91. The molecule has 0 radical (unpaired) electrons. The van der Waals surface area contributed by atoms with Crippen LogP contribution < -0.4 is 10.6 Å². The Balaban J connectivity index is 0.000000266. The molecule has 0 saturated carbocycles. The third-order valence-electron chi connectivity index (χ3n) is 6.46. The summed E-state index contributed by atoms with van der Waals surface area (Å²) >= 11 is 1.34. The van der Waals surface area contributed by atoms with Crippen molar-refractivity contribution in [2.45, 2.75) is 50.5 Å². The molecule has 0 amide bonds. The summed E-state index contributed by atoms with van der Waals surface area (Å²) in [6, 6.07) is 8.95. The SMILES string of the molecule is CCOC(=O)c1cnc(S(C)=O)nc1NCc1ccc(CO)c(F)c1.CCOC(=O)c1cnc(SC)nc1NCc1ccc(CO)c(F)c1. The summed E-state index contributed by atoms with van der Waals surface area (Å²) in [7, 11) is -1.42. The summed E-state index contributed by atoms with van der Waals surface area (Å²) in [4.78, 5) is 40.3. The molecule has 2 heterocycles. The van der Waals surface area contributed by atoms with Gasteiger partial charge in [0, 0.05) is 42.9 Å². The van der Waals surface area contributed by atoms with E-state index < -0.39 is 34.4 Å². The van der Waals surface area contributed by atoms with Crippen LogP contribution in [0.1, 0.15) is 56.8 Å². The number of thioether (sulfide) groups is 1. The van der Waals surface area contributed by atoms with Crippen LogP contribution in [0.15, 0.2) is 59.1 Å². The Labute approximate surface area is 288 Å².